The quantitative estimate of drug-likeness (QED) is 0.500. The summed E-state index contributed by atoms with van der Waals surface area (Å²) in [7, 11) is 1.54. The number of nitrogens with one attached hydrogen (secondary N) is 1. The molecule has 0 aliphatic rings. The van der Waals surface area contributed by atoms with Crippen LogP contribution in [0.15, 0.2) is 54.7 Å². The Morgan fingerprint density at radius 2 is 1.94 bits per heavy atom. The molecular weight excluding hydrogens is 447 g/mol. The maximum absolute atomic E-state index is 13.7. The number of amides is 2. The van der Waals surface area contributed by atoms with Crippen LogP contribution in [-0.2, 0) is 14.3 Å². The summed E-state index contributed by atoms with van der Waals surface area (Å²) in [4.78, 5) is 31.4. The van der Waals surface area contributed by atoms with Gasteiger partial charge >= 0.3 is 0 Å². The Labute approximate surface area is 197 Å². The first-order chi connectivity index (χ1) is 15.8. The number of carbonyl (C=O) groups is 2. The van der Waals surface area contributed by atoms with Crippen molar-refractivity contribution in [2.75, 3.05) is 32.1 Å². The third kappa shape index (κ3) is 6.18. The maximum atomic E-state index is 13.7. The molecule has 1 aromatic heterocycles. The summed E-state index contributed by atoms with van der Waals surface area (Å²) in [6.45, 7) is 4.00. The fourth-order valence-corrected chi connectivity index (χ4v) is 3.39. The van der Waals surface area contributed by atoms with Crippen LogP contribution in [0.1, 0.15) is 13.8 Å². The normalized spacial score (nSPS) is 11.0. The van der Waals surface area contributed by atoms with Gasteiger partial charge in [0.05, 0.1) is 23.0 Å². The molecule has 3 rings (SSSR count). The van der Waals surface area contributed by atoms with Crippen molar-refractivity contribution < 1.29 is 18.7 Å². The standard InChI is InChI=1S/C24H26ClFN4O3/c1-16(2)23(32)29(11-12-33-3)15-22(31)28-24-27-21(17-7-5-4-6-8-17)14-30(24)18-9-10-20(26)19(25)13-18/h4-10,13-14,16H,11-12,15H2,1-3H3,(H,27,28,31). The Bertz CT molecular complexity index is 1120. The maximum Gasteiger partial charge on any atom is 0.246 e. The Morgan fingerprint density at radius 1 is 1.21 bits per heavy atom. The van der Waals surface area contributed by atoms with Crippen LogP contribution in [0, 0.1) is 11.7 Å². The number of methoxy groups -OCH3 is 1. The van der Waals surface area contributed by atoms with E-state index < -0.39 is 11.7 Å². The summed E-state index contributed by atoms with van der Waals surface area (Å²) in [6, 6.07) is 13.7. The minimum absolute atomic E-state index is 0.0481. The average Bonchev–Trinajstić information content (AvgIpc) is 3.22. The number of anilines is 1. The molecule has 1 N–H and O–H groups in total. The number of hydrogen-bond donors (Lipinski definition) is 1. The van der Waals surface area contributed by atoms with E-state index >= 15 is 0 Å². The van der Waals surface area contributed by atoms with Crippen LogP contribution in [0.3, 0.4) is 0 Å². The number of halogens is 2. The zero-order valence-electron chi connectivity index (χ0n) is 18.7. The van der Waals surface area contributed by atoms with Gasteiger partial charge in [0.2, 0.25) is 17.8 Å². The molecule has 0 aliphatic carbocycles. The third-order valence-corrected chi connectivity index (χ3v) is 5.20. The predicted molar refractivity (Wildman–Crippen MR) is 126 cm³/mol. The lowest BCUT2D eigenvalue weighted by Crippen LogP contribution is -2.42. The number of nitrogens with zero attached hydrogens (tertiary/aromatic N) is 3. The molecule has 0 aliphatic heterocycles. The Hall–Kier alpha value is -3.23. The monoisotopic (exact) mass is 472 g/mol. The molecule has 2 aromatic carbocycles. The van der Waals surface area contributed by atoms with Gasteiger partial charge in [-0.1, -0.05) is 55.8 Å². The predicted octanol–water partition coefficient (Wildman–Crippen LogP) is 4.40. The van der Waals surface area contributed by atoms with E-state index in [-0.39, 0.29) is 35.9 Å². The Balaban J connectivity index is 1.91. The van der Waals surface area contributed by atoms with Crippen molar-refractivity contribution in [3.8, 4) is 16.9 Å². The number of ether oxygens (including phenoxy) is 1. The first kappa shape index (κ1) is 24.4. The van der Waals surface area contributed by atoms with Crippen molar-refractivity contribution >= 4 is 29.4 Å². The van der Waals surface area contributed by atoms with Gasteiger partial charge in [0, 0.05) is 31.3 Å². The minimum atomic E-state index is -0.546. The molecule has 0 radical (unpaired) electrons. The summed E-state index contributed by atoms with van der Waals surface area (Å²) >= 11 is 5.98. The van der Waals surface area contributed by atoms with Gasteiger partial charge in [-0.15, -0.1) is 0 Å². The summed E-state index contributed by atoms with van der Waals surface area (Å²) < 4.78 is 20.4. The van der Waals surface area contributed by atoms with Gasteiger partial charge in [0.15, 0.2) is 0 Å². The third-order valence-electron chi connectivity index (χ3n) is 4.91. The van der Waals surface area contributed by atoms with Gasteiger partial charge in [-0.05, 0) is 18.2 Å². The van der Waals surface area contributed by atoms with Gasteiger partial charge in [-0.2, -0.15) is 0 Å². The lowest BCUT2D eigenvalue weighted by molar-refractivity contribution is -0.138. The molecule has 0 bridgehead atoms. The second-order valence-electron chi connectivity index (χ2n) is 7.74. The highest BCUT2D eigenvalue weighted by atomic mass is 35.5. The molecule has 9 heteroatoms. The molecule has 33 heavy (non-hydrogen) atoms. The van der Waals surface area contributed by atoms with Crippen LogP contribution >= 0.6 is 11.6 Å². The van der Waals surface area contributed by atoms with E-state index in [0.29, 0.717) is 18.0 Å². The molecule has 1 heterocycles. The molecule has 0 spiro atoms. The zero-order valence-corrected chi connectivity index (χ0v) is 19.5. The first-order valence-electron chi connectivity index (χ1n) is 10.5. The number of carbonyl (C=O) groups excluding carboxylic acids is 2. The van der Waals surface area contributed by atoms with Crippen LogP contribution in [0.25, 0.3) is 16.9 Å². The van der Waals surface area contributed by atoms with Gasteiger partial charge in [0.1, 0.15) is 12.4 Å². The molecule has 7 nitrogen and oxygen atoms in total. The number of benzene rings is 2. The molecule has 0 atom stereocenters. The van der Waals surface area contributed by atoms with E-state index in [0.717, 1.165) is 5.56 Å². The van der Waals surface area contributed by atoms with Crippen LogP contribution in [0.2, 0.25) is 5.02 Å². The van der Waals surface area contributed by atoms with E-state index in [1.165, 1.54) is 24.1 Å². The van der Waals surface area contributed by atoms with Crippen molar-refractivity contribution in [3.05, 3.63) is 65.6 Å². The number of imidazole rings is 1. The smallest absolute Gasteiger partial charge is 0.246 e. The van der Waals surface area contributed by atoms with Crippen LogP contribution < -0.4 is 5.32 Å². The number of aromatic nitrogens is 2. The molecule has 2 amide bonds. The van der Waals surface area contributed by atoms with Crippen molar-refractivity contribution in [1.82, 2.24) is 14.5 Å². The molecule has 0 fully saturated rings. The molecule has 0 saturated carbocycles. The number of hydrogen-bond acceptors (Lipinski definition) is 4. The summed E-state index contributed by atoms with van der Waals surface area (Å²) in [5.41, 5.74) is 1.98. The summed E-state index contributed by atoms with van der Waals surface area (Å²) in [5.74, 6) is -1.15. The van der Waals surface area contributed by atoms with Crippen LogP contribution in [-0.4, -0.2) is 53.1 Å². The van der Waals surface area contributed by atoms with Crippen molar-refractivity contribution in [2.24, 2.45) is 5.92 Å². The second kappa shape index (κ2) is 11.1. The SMILES string of the molecule is COCCN(CC(=O)Nc1nc(-c2ccccc2)cn1-c1ccc(F)c(Cl)c1)C(=O)C(C)C. The largest absolute Gasteiger partial charge is 0.383 e. The highest BCUT2D eigenvalue weighted by Crippen LogP contribution is 2.26. The fourth-order valence-electron chi connectivity index (χ4n) is 3.22. The molecular formula is C24H26ClFN4O3. The summed E-state index contributed by atoms with van der Waals surface area (Å²) in [5, 5.41) is 2.73. The first-order valence-corrected chi connectivity index (χ1v) is 10.9. The second-order valence-corrected chi connectivity index (χ2v) is 8.15. The van der Waals surface area contributed by atoms with Crippen molar-refractivity contribution in [2.45, 2.75) is 13.8 Å². The van der Waals surface area contributed by atoms with Crippen molar-refractivity contribution in [3.63, 3.8) is 0 Å². The highest BCUT2D eigenvalue weighted by Gasteiger charge is 2.21. The highest BCUT2D eigenvalue weighted by molar-refractivity contribution is 6.30. The minimum Gasteiger partial charge on any atom is -0.383 e. The average molecular weight is 473 g/mol. The molecule has 174 valence electrons. The lowest BCUT2D eigenvalue weighted by Gasteiger charge is -2.23. The van der Waals surface area contributed by atoms with E-state index in [2.05, 4.69) is 10.3 Å². The van der Waals surface area contributed by atoms with Crippen LogP contribution in [0.4, 0.5) is 10.3 Å². The fraction of sp³-hybridized carbons (Fsp3) is 0.292. The van der Waals surface area contributed by atoms with E-state index in [1.807, 2.05) is 30.3 Å². The Kier molecular flexibility index (Phi) is 8.19. The summed E-state index contributed by atoms with van der Waals surface area (Å²) in [6.07, 6.45) is 1.73. The molecule has 0 unspecified atom stereocenters. The van der Waals surface area contributed by atoms with E-state index in [9.17, 15) is 14.0 Å². The molecule has 0 saturated heterocycles. The Morgan fingerprint density at radius 3 is 2.58 bits per heavy atom. The lowest BCUT2D eigenvalue weighted by atomic mass is 10.2. The van der Waals surface area contributed by atoms with E-state index in [1.54, 1.807) is 30.7 Å². The van der Waals surface area contributed by atoms with Gasteiger partial charge in [-0.25, -0.2) is 9.37 Å². The van der Waals surface area contributed by atoms with Gasteiger partial charge in [-0.3, -0.25) is 19.5 Å². The van der Waals surface area contributed by atoms with Gasteiger partial charge in [0.25, 0.3) is 0 Å². The van der Waals surface area contributed by atoms with E-state index in [4.69, 9.17) is 16.3 Å². The zero-order chi connectivity index (χ0) is 24.0. The number of rotatable bonds is 9. The van der Waals surface area contributed by atoms with Crippen molar-refractivity contribution in [1.29, 1.82) is 0 Å². The van der Waals surface area contributed by atoms with Gasteiger partial charge < -0.3 is 9.64 Å². The van der Waals surface area contributed by atoms with Crippen LogP contribution in [0.5, 0.6) is 0 Å². The molecule has 3 aromatic rings. The topological polar surface area (TPSA) is 76.5 Å².